The molecule has 1 unspecified atom stereocenters. The number of allylic oxidation sites excluding steroid dienone is 2. The molecule has 0 aliphatic carbocycles. The van der Waals surface area contributed by atoms with Crippen molar-refractivity contribution >= 4 is 5.97 Å². The van der Waals surface area contributed by atoms with E-state index in [1.165, 1.54) is 12.5 Å². The molecule has 0 aromatic rings. The smallest absolute Gasteiger partial charge is 0.304 e. The molecule has 2 heteroatoms. The molecular weight excluding hydrogens is 200 g/mol. The molecule has 0 heterocycles. The lowest BCUT2D eigenvalue weighted by molar-refractivity contribution is -0.150. The predicted molar refractivity (Wildman–Crippen MR) is 66.9 cm³/mol. The molecule has 0 rings (SSSR count). The molecule has 0 spiro atoms. The van der Waals surface area contributed by atoms with E-state index in [0.717, 1.165) is 19.3 Å². The van der Waals surface area contributed by atoms with Gasteiger partial charge in [0, 0.05) is 13.3 Å². The van der Waals surface area contributed by atoms with Gasteiger partial charge in [-0.2, -0.15) is 0 Å². The Kier molecular flexibility index (Phi) is 6.56. The summed E-state index contributed by atoms with van der Waals surface area (Å²) in [5.41, 5.74) is 0.596. The van der Waals surface area contributed by atoms with Gasteiger partial charge in [-0.05, 0) is 26.7 Å². The van der Waals surface area contributed by atoms with Gasteiger partial charge >= 0.3 is 5.97 Å². The number of rotatable bonds is 6. The molecule has 0 bridgehead atoms. The number of terminal acetylenes is 1. The highest BCUT2D eigenvalue weighted by molar-refractivity contribution is 5.67. The standard InChI is InChI=1S/C14H22O2/c1-6-9-12(3)10-8-11-14(5,7-2)16-13(4)15/h2,10H,6,8-9,11H2,1,3-5H3. The Morgan fingerprint density at radius 3 is 2.56 bits per heavy atom. The minimum Gasteiger partial charge on any atom is -0.446 e. The zero-order valence-corrected chi connectivity index (χ0v) is 10.8. The third-order valence-electron chi connectivity index (χ3n) is 2.43. The summed E-state index contributed by atoms with van der Waals surface area (Å²) >= 11 is 0. The van der Waals surface area contributed by atoms with Gasteiger partial charge in [0.1, 0.15) is 0 Å². The van der Waals surface area contributed by atoms with E-state index in [0.29, 0.717) is 6.42 Å². The van der Waals surface area contributed by atoms with Crippen molar-refractivity contribution in [3.63, 3.8) is 0 Å². The van der Waals surface area contributed by atoms with Crippen molar-refractivity contribution in [2.75, 3.05) is 0 Å². The van der Waals surface area contributed by atoms with Gasteiger partial charge in [-0.3, -0.25) is 4.79 Å². The molecule has 0 aromatic heterocycles. The second-order valence-corrected chi connectivity index (χ2v) is 4.31. The highest BCUT2D eigenvalue weighted by Crippen LogP contribution is 2.18. The van der Waals surface area contributed by atoms with E-state index in [1.54, 1.807) is 6.92 Å². The van der Waals surface area contributed by atoms with Crippen LogP contribution in [-0.4, -0.2) is 11.6 Å². The van der Waals surface area contributed by atoms with Gasteiger partial charge in [0.05, 0.1) is 0 Å². The van der Waals surface area contributed by atoms with Gasteiger partial charge in [0.2, 0.25) is 0 Å². The molecule has 0 aliphatic heterocycles. The predicted octanol–water partition coefficient (Wildman–Crippen LogP) is 3.47. The lowest BCUT2D eigenvalue weighted by Crippen LogP contribution is -2.28. The Morgan fingerprint density at radius 2 is 2.12 bits per heavy atom. The van der Waals surface area contributed by atoms with E-state index in [4.69, 9.17) is 11.2 Å². The van der Waals surface area contributed by atoms with E-state index in [9.17, 15) is 4.79 Å². The second kappa shape index (κ2) is 7.11. The molecule has 1 atom stereocenters. The Balaban J connectivity index is 4.20. The van der Waals surface area contributed by atoms with Crippen LogP contribution in [0.4, 0.5) is 0 Å². The molecule has 0 aromatic carbocycles. The number of carbonyl (C=O) groups is 1. The lowest BCUT2D eigenvalue weighted by Gasteiger charge is -2.22. The normalized spacial score (nSPS) is 15.1. The van der Waals surface area contributed by atoms with Crippen molar-refractivity contribution in [1.82, 2.24) is 0 Å². The lowest BCUT2D eigenvalue weighted by atomic mass is 9.99. The number of ether oxygens (including phenoxy) is 1. The SMILES string of the molecule is C#CC(C)(CCC=C(C)CCC)OC(C)=O. The highest BCUT2D eigenvalue weighted by Gasteiger charge is 2.23. The van der Waals surface area contributed by atoms with Crippen LogP contribution in [0.5, 0.6) is 0 Å². The van der Waals surface area contributed by atoms with Crippen molar-refractivity contribution in [3.8, 4) is 12.3 Å². The van der Waals surface area contributed by atoms with Crippen LogP contribution < -0.4 is 0 Å². The molecule has 0 amide bonds. The summed E-state index contributed by atoms with van der Waals surface area (Å²) in [5.74, 6) is 2.22. The maximum Gasteiger partial charge on any atom is 0.304 e. The van der Waals surface area contributed by atoms with Crippen LogP contribution >= 0.6 is 0 Å². The van der Waals surface area contributed by atoms with Crippen LogP contribution in [0.1, 0.15) is 53.4 Å². The van der Waals surface area contributed by atoms with Crippen LogP contribution in [0.2, 0.25) is 0 Å². The van der Waals surface area contributed by atoms with E-state index < -0.39 is 5.60 Å². The molecule has 90 valence electrons. The van der Waals surface area contributed by atoms with Crippen molar-refractivity contribution in [2.45, 2.75) is 59.0 Å². The molecule has 16 heavy (non-hydrogen) atoms. The maximum atomic E-state index is 10.9. The zero-order valence-electron chi connectivity index (χ0n) is 10.8. The summed E-state index contributed by atoms with van der Waals surface area (Å²) in [4.78, 5) is 10.9. The monoisotopic (exact) mass is 222 g/mol. The molecule has 0 fully saturated rings. The average molecular weight is 222 g/mol. The first-order valence-electron chi connectivity index (χ1n) is 5.76. The van der Waals surface area contributed by atoms with Crippen molar-refractivity contribution in [2.24, 2.45) is 0 Å². The van der Waals surface area contributed by atoms with Gasteiger partial charge in [-0.1, -0.05) is 30.9 Å². The van der Waals surface area contributed by atoms with Gasteiger partial charge in [-0.15, -0.1) is 6.42 Å². The first-order valence-corrected chi connectivity index (χ1v) is 5.76. The van der Waals surface area contributed by atoms with Crippen LogP contribution in [-0.2, 0) is 9.53 Å². The summed E-state index contributed by atoms with van der Waals surface area (Å²) in [6, 6.07) is 0. The summed E-state index contributed by atoms with van der Waals surface area (Å²) in [6.45, 7) is 7.43. The fourth-order valence-corrected chi connectivity index (χ4v) is 1.56. The maximum absolute atomic E-state index is 10.9. The quantitative estimate of drug-likeness (QED) is 0.391. The minimum atomic E-state index is -0.769. The van der Waals surface area contributed by atoms with Crippen LogP contribution in [0.3, 0.4) is 0 Å². The first-order chi connectivity index (χ1) is 7.43. The molecule has 0 N–H and O–H groups in total. The fourth-order valence-electron chi connectivity index (χ4n) is 1.56. The number of carbonyl (C=O) groups excluding carboxylic acids is 1. The number of esters is 1. The largest absolute Gasteiger partial charge is 0.446 e. The van der Waals surface area contributed by atoms with Gasteiger partial charge in [0.25, 0.3) is 0 Å². The van der Waals surface area contributed by atoms with Gasteiger partial charge in [0.15, 0.2) is 5.60 Å². The molecule has 0 saturated heterocycles. The Bertz CT molecular complexity index is 296. The van der Waals surface area contributed by atoms with E-state index in [-0.39, 0.29) is 5.97 Å². The van der Waals surface area contributed by atoms with Gasteiger partial charge < -0.3 is 4.74 Å². The summed E-state index contributed by atoms with van der Waals surface area (Å²) in [6.07, 6.45) is 11.3. The number of hydrogen-bond donors (Lipinski definition) is 0. The fraction of sp³-hybridized carbons (Fsp3) is 0.643. The van der Waals surface area contributed by atoms with Crippen molar-refractivity contribution in [3.05, 3.63) is 11.6 Å². The van der Waals surface area contributed by atoms with E-state index in [1.807, 2.05) is 0 Å². The topological polar surface area (TPSA) is 26.3 Å². The third-order valence-corrected chi connectivity index (χ3v) is 2.43. The van der Waals surface area contributed by atoms with E-state index in [2.05, 4.69) is 25.8 Å². The minimum absolute atomic E-state index is 0.324. The Morgan fingerprint density at radius 1 is 1.50 bits per heavy atom. The van der Waals surface area contributed by atoms with Crippen LogP contribution in [0.15, 0.2) is 11.6 Å². The Hall–Kier alpha value is -1.23. The average Bonchev–Trinajstić information content (AvgIpc) is 2.17. The van der Waals surface area contributed by atoms with Crippen LogP contribution in [0.25, 0.3) is 0 Å². The summed E-state index contributed by atoms with van der Waals surface area (Å²) < 4.78 is 5.12. The molecule has 0 saturated carbocycles. The van der Waals surface area contributed by atoms with Crippen molar-refractivity contribution in [1.29, 1.82) is 0 Å². The third kappa shape index (κ3) is 6.29. The Labute approximate surface area is 99.1 Å². The summed E-state index contributed by atoms with van der Waals surface area (Å²) in [5, 5.41) is 0. The number of hydrogen-bond acceptors (Lipinski definition) is 2. The molecular formula is C14H22O2. The second-order valence-electron chi connectivity index (χ2n) is 4.31. The van der Waals surface area contributed by atoms with Crippen molar-refractivity contribution < 1.29 is 9.53 Å². The highest BCUT2D eigenvalue weighted by atomic mass is 16.6. The molecule has 0 radical (unpaired) electrons. The summed E-state index contributed by atoms with van der Waals surface area (Å²) in [7, 11) is 0. The zero-order chi connectivity index (χ0) is 12.6. The first kappa shape index (κ1) is 14.8. The molecule has 2 nitrogen and oxygen atoms in total. The van der Waals surface area contributed by atoms with Gasteiger partial charge in [-0.25, -0.2) is 0 Å². The van der Waals surface area contributed by atoms with Crippen LogP contribution in [0, 0.1) is 12.3 Å². The van der Waals surface area contributed by atoms with E-state index >= 15 is 0 Å². The molecule has 0 aliphatic rings.